The highest BCUT2D eigenvalue weighted by Gasteiger charge is 2.05. The smallest absolute Gasteiger partial charge is 0.251 e. The molecule has 0 saturated carbocycles. The minimum atomic E-state index is -0.0955. The molecule has 3 N–H and O–H groups in total. The Bertz CT molecular complexity index is 584. The summed E-state index contributed by atoms with van der Waals surface area (Å²) in [6, 6.07) is 7.51. The Morgan fingerprint density at radius 2 is 1.96 bits per heavy atom. The first kappa shape index (κ1) is 19.5. The van der Waals surface area contributed by atoms with E-state index in [2.05, 4.69) is 20.9 Å². The molecule has 0 atom stereocenters. The van der Waals surface area contributed by atoms with Gasteiger partial charge in [0.05, 0.1) is 0 Å². The molecule has 0 aliphatic rings. The summed E-state index contributed by atoms with van der Waals surface area (Å²) in [7, 11) is 5.03. The number of amides is 2. The largest absolute Gasteiger partial charge is 0.357 e. The number of likely N-dealkylation sites (N-methyl/N-ethyl adjacent to an activating group) is 1. The van der Waals surface area contributed by atoms with Crippen molar-refractivity contribution in [2.45, 2.75) is 13.3 Å². The van der Waals surface area contributed by atoms with Gasteiger partial charge >= 0.3 is 0 Å². The van der Waals surface area contributed by atoms with E-state index in [0.29, 0.717) is 24.6 Å². The summed E-state index contributed by atoms with van der Waals surface area (Å²) in [5, 5.41) is 8.92. The molecule has 0 bridgehead atoms. The van der Waals surface area contributed by atoms with Gasteiger partial charge in [-0.3, -0.25) is 9.59 Å². The Morgan fingerprint density at radius 1 is 1.21 bits per heavy atom. The Morgan fingerprint density at radius 3 is 2.58 bits per heavy atom. The van der Waals surface area contributed by atoms with Gasteiger partial charge in [-0.15, -0.1) is 0 Å². The lowest BCUT2D eigenvalue weighted by Gasteiger charge is -2.13. The molecule has 0 radical (unpaired) electrons. The third-order valence-electron chi connectivity index (χ3n) is 3.34. The van der Waals surface area contributed by atoms with Gasteiger partial charge in [0.15, 0.2) is 5.96 Å². The van der Waals surface area contributed by atoms with Crippen LogP contribution in [-0.2, 0) is 11.2 Å². The number of hydrogen-bond donors (Lipinski definition) is 3. The summed E-state index contributed by atoms with van der Waals surface area (Å²) in [5.41, 5.74) is 1.70. The zero-order chi connectivity index (χ0) is 17.9. The fourth-order valence-corrected chi connectivity index (χ4v) is 1.97. The monoisotopic (exact) mass is 333 g/mol. The second-order valence-electron chi connectivity index (χ2n) is 5.44. The van der Waals surface area contributed by atoms with Gasteiger partial charge in [-0.2, -0.15) is 0 Å². The highest BCUT2D eigenvalue weighted by atomic mass is 16.2. The fourth-order valence-electron chi connectivity index (χ4n) is 1.97. The number of carbonyl (C=O) groups excluding carboxylic acids is 2. The molecular formula is C17H27N5O2. The van der Waals surface area contributed by atoms with Gasteiger partial charge in [0.2, 0.25) is 5.91 Å². The second kappa shape index (κ2) is 10.3. The number of carbonyl (C=O) groups is 2. The molecule has 7 heteroatoms. The quantitative estimate of drug-likeness (QED) is 0.493. The van der Waals surface area contributed by atoms with E-state index in [1.54, 1.807) is 27.2 Å². The molecule has 132 valence electrons. The Hall–Kier alpha value is -2.57. The summed E-state index contributed by atoms with van der Waals surface area (Å²) in [4.78, 5) is 29.0. The van der Waals surface area contributed by atoms with Crippen LogP contribution in [-0.4, -0.2) is 63.5 Å². The van der Waals surface area contributed by atoms with Crippen molar-refractivity contribution in [3.8, 4) is 0 Å². The normalized spacial score (nSPS) is 10.9. The first-order valence-corrected chi connectivity index (χ1v) is 8.01. The second-order valence-corrected chi connectivity index (χ2v) is 5.44. The van der Waals surface area contributed by atoms with Crippen LogP contribution in [0, 0.1) is 0 Å². The Balaban J connectivity index is 2.57. The minimum absolute atomic E-state index is 0.0505. The van der Waals surface area contributed by atoms with Gasteiger partial charge in [0, 0.05) is 39.8 Å². The zero-order valence-electron chi connectivity index (χ0n) is 14.8. The number of nitrogens with zero attached hydrogens (tertiary/aromatic N) is 2. The molecule has 0 spiro atoms. The molecule has 0 saturated heterocycles. The summed E-state index contributed by atoms with van der Waals surface area (Å²) >= 11 is 0. The van der Waals surface area contributed by atoms with Crippen LogP contribution >= 0.6 is 0 Å². The van der Waals surface area contributed by atoms with Gasteiger partial charge in [-0.1, -0.05) is 12.1 Å². The third kappa shape index (κ3) is 6.68. The highest BCUT2D eigenvalue weighted by molar-refractivity contribution is 5.94. The predicted molar refractivity (Wildman–Crippen MR) is 96.2 cm³/mol. The first-order valence-electron chi connectivity index (χ1n) is 8.01. The van der Waals surface area contributed by atoms with Crippen molar-refractivity contribution in [3.05, 3.63) is 35.4 Å². The molecule has 1 rings (SSSR count). The highest BCUT2D eigenvalue weighted by Crippen LogP contribution is 2.05. The van der Waals surface area contributed by atoms with Gasteiger partial charge in [0.25, 0.3) is 5.91 Å². The third-order valence-corrected chi connectivity index (χ3v) is 3.34. The molecule has 0 fully saturated rings. The van der Waals surface area contributed by atoms with E-state index in [4.69, 9.17) is 0 Å². The van der Waals surface area contributed by atoms with Crippen molar-refractivity contribution >= 4 is 17.8 Å². The average Bonchev–Trinajstić information content (AvgIpc) is 2.58. The molecule has 1 aromatic carbocycles. The van der Waals surface area contributed by atoms with E-state index in [1.165, 1.54) is 4.90 Å². The van der Waals surface area contributed by atoms with Crippen LogP contribution in [0.4, 0.5) is 0 Å². The van der Waals surface area contributed by atoms with E-state index in [9.17, 15) is 9.59 Å². The minimum Gasteiger partial charge on any atom is -0.357 e. The lowest BCUT2D eigenvalue weighted by Crippen LogP contribution is -2.39. The lowest BCUT2D eigenvalue weighted by atomic mass is 10.1. The van der Waals surface area contributed by atoms with E-state index >= 15 is 0 Å². The lowest BCUT2D eigenvalue weighted by molar-refractivity contribution is -0.127. The molecule has 0 aliphatic heterocycles. The van der Waals surface area contributed by atoms with Crippen LogP contribution in [0.1, 0.15) is 22.8 Å². The standard InChI is InChI=1S/C17H27N5O2/c1-5-19-17(21-12-15(23)22(3)4)20-10-9-13-7-6-8-14(11-13)16(24)18-2/h6-8,11H,5,9-10,12H2,1-4H3,(H,18,24)(H2,19,20,21). The number of nitrogens with one attached hydrogen (secondary N) is 3. The number of benzene rings is 1. The van der Waals surface area contributed by atoms with Crippen LogP contribution in [0.15, 0.2) is 29.3 Å². The van der Waals surface area contributed by atoms with Gasteiger partial charge in [-0.05, 0) is 31.0 Å². The molecular weight excluding hydrogens is 306 g/mol. The molecule has 2 amide bonds. The van der Waals surface area contributed by atoms with Gasteiger partial charge in [0.1, 0.15) is 6.54 Å². The van der Waals surface area contributed by atoms with Crippen molar-refractivity contribution < 1.29 is 9.59 Å². The SMILES string of the molecule is CCNC(=NCC(=O)N(C)C)NCCc1cccc(C(=O)NC)c1. The first-order chi connectivity index (χ1) is 11.5. The van der Waals surface area contributed by atoms with Crippen LogP contribution in [0.25, 0.3) is 0 Å². The van der Waals surface area contributed by atoms with E-state index in [-0.39, 0.29) is 18.4 Å². The average molecular weight is 333 g/mol. The number of rotatable bonds is 7. The Kier molecular flexibility index (Phi) is 8.32. The molecule has 0 aromatic heterocycles. The van der Waals surface area contributed by atoms with Crippen molar-refractivity contribution in [3.63, 3.8) is 0 Å². The summed E-state index contributed by atoms with van der Waals surface area (Å²) < 4.78 is 0. The maximum Gasteiger partial charge on any atom is 0.251 e. The fraction of sp³-hybridized carbons (Fsp3) is 0.471. The molecule has 1 aromatic rings. The number of guanidine groups is 1. The zero-order valence-corrected chi connectivity index (χ0v) is 14.8. The van der Waals surface area contributed by atoms with Crippen LogP contribution in [0.5, 0.6) is 0 Å². The topological polar surface area (TPSA) is 85.8 Å². The number of hydrogen-bond acceptors (Lipinski definition) is 3. The predicted octanol–water partition coefficient (Wildman–Crippen LogP) is 0.232. The maximum atomic E-state index is 11.6. The Labute approximate surface area is 143 Å². The van der Waals surface area contributed by atoms with Crippen LogP contribution in [0.2, 0.25) is 0 Å². The molecule has 0 unspecified atom stereocenters. The van der Waals surface area contributed by atoms with Crippen molar-refractivity contribution in [2.24, 2.45) is 4.99 Å². The maximum absolute atomic E-state index is 11.6. The molecule has 0 aliphatic carbocycles. The van der Waals surface area contributed by atoms with Crippen molar-refractivity contribution in [1.29, 1.82) is 0 Å². The summed E-state index contributed by atoms with van der Waals surface area (Å²) in [5.74, 6) is 0.461. The summed E-state index contributed by atoms with van der Waals surface area (Å²) in [6.45, 7) is 3.44. The van der Waals surface area contributed by atoms with E-state index < -0.39 is 0 Å². The number of aliphatic imine (C=N–C) groups is 1. The molecule has 7 nitrogen and oxygen atoms in total. The van der Waals surface area contributed by atoms with Gasteiger partial charge in [-0.25, -0.2) is 4.99 Å². The van der Waals surface area contributed by atoms with E-state index in [1.807, 2.05) is 25.1 Å². The van der Waals surface area contributed by atoms with Gasteiger partial charge < -0.3 is 20.9 Å². The molecule has 24 heavy (non-hydrogen) atoms. The molecule has 0 heterocycles. The summed E-state index contributed by atoms with van der Waals surface area (Å²) in [6.07, 6.45) is 0.747. The van der Waals surface area contributed by atoms with Crippen molar-refractivity contribution in [1.82, 2.24) is 20.9 Å². The van der Waals surface area contributed by atoms with Crippen LogP contribution < -0.4 is 16.0 Å². The van der Waals surface area contributed by atoms with Crippen LogP contribution in [0.3, 0.4) is 0 Å². The van der Waals surface area contributed by atoms with Crippen molar-refractivity contribution in [2.75, 3.05) is 40.8 Å². The van der Waals surface area contributed by atoms with E-state index in [0.717, 1.165) is 12.0 Å².